The molecule has 22 heavy (non-hydrogen) atoms. The van der Waals surface area contributed by atoms with Crippen LogP contribution in [0.15, 0.2) is 42.3 Å². The van der Waals surface area contributed by atoms with Crippen molar-refractivity contribution in [2.24, 2.45) is 0 Å². The molecular formula is C17H23N3O2. The topological polar surface area (TPSA) is 78.6 Å². The van der Waals surface area contributed by atoms with Crippen LogP contribution in [0, 0.1) is 0 Å². The average molecular weight is 301 g/mol. The molecule has 4 N–H and O–H groups in total. The van der Waals surface area contributed by atoms with Gasteiger partial charge in [-0.3, -0.25) is 4.79 Å². The maximum absolute atomic E-state index is 12.5. The molecule has 5 heteroatoms. The van der Waals surface area contributed by atoms with Crippen LogP contribution < -0.4 is 11.1 Å². The fourth-order valence-electron chi connectivity index (χ4n) is 2.50. The van der Waals surface area contributed by atoms with E-state index in [1.54, 1.807) is 38.2 Å². The molecule has 0 atom stereocenters. The predicted molar refractivity (Wildman–Crippen MR) is 88.8 cm³/mol. The first-order valence-electron chi connectivity index (χ1n) is 7.39. The standard InChI is InChI=1S/C17H23N3O2/c1-11(19-15-8-5-9-15)17(22)20(3)16(12(2)21)13-6-4-7-14(18)10-13/h4,6-7,10,15,19,21H,1,5,8-9,18H2,2-3H3/b16-12+. The van der Waals surface area contributed by atoms with Crippen LogP contribution in [0.2, 0.25) is 0 Å². The van der Waals surface area contributed by atoms with Gasteiger partial charge in [0, 0.05) is 24.3 Å². The molecule has 5 nitrogen and oxygen atoms in total. The third kappa shape index (κ3) is 3.42. The molecular weight excluding hydrogens is 278 g/mol. The minimum absolute atomic E-state index is 0.0536. The zero-order valence-corrected chi connectivity index (χ0v) is 13.1. The molecule has 1 aromatic rings. The number of anilines is 1. The molecule has 1 fully saturated rings. The zero-order chi connectivity index (χ0) is 16.3. The molecule has 0 heterocycles. The smallest absolute Gasteiger partial charge is 0.273 e. The number of carbonyl (C=O) groups excluding carboxylic acids is 1. The molecule has 2 rings (SSSR count). The lowest BCUT2D eigenvalue weighted by molar-refractivity contribution is -0.123. The van der Waals surface area contributed by atoms with Crippen LogP contribution in [0.4, 0.5) is 5.69 Å². The minimum Gasteiger partial charge on any atom is -0.510 e. The predicted octanol–water partition coefficient (Wildman–Crippen LogP) is 2.63. The molecule has 1 amide bonds. The highest BCUT2D eigenvalue weighted by atomic mass is 16.3. The van der Waals surface area contributed by atoms with Crippen LogP contribution in [0.25, 0.3) is 5.70 Å². The van der Waals surface area contributed by atoms with Crippen molar-refractivity contribution in [1.29, 1.82) is 0 Å². The fraction of sp³-hybridized carbons (Fsp3) is 0.353. The van der Waals surface area contributed by atoms with E-state index < -0.39 is 0 Å². The lowest BCUT2D eigenvalue weighted by Gasteiger charge is -2.30. The number of nitrogens with one attached hydrogen (secondary N) is 1. The Morgan fingerprint density at radius 1 is 1.45 bits per heavy atom. The summed E-state index contributed by atoms with van der Waals surface area (Å²) in [4.78, 5) is 13.9. The highest BCUT2D eigenvalue weighted by Gasteiger charge is 2.24. The van der Waals surface area contributed by atoms with Crippen molar-refractivity contribution >= 4 is 17.3 Å². The molecule has 1 aliphatic carbocycles. The first-order chi connectivity index (χ1) is 10.4. The number of nitrogen functional groups attached to an aromatic ring is 1. The Hall–Kier alpha value is -2.43. The summed E-state index contributed by atoms with van der Waals surface area (Å²) in [7, 11) is 1.62. The lowest BCUT2D eigenvalue weighted by Crippen LogP contribution is -2.40. The van der Waals surface area contributed by atoms with Crippen LogP contribution in [-0.2, 0) is 4.79 Å². The number of likely N-dealkylation sites (N-methyl/N-ethyl adjacent to an activating group) is 1. The van der Waals surface area contributed by atoms with Gasteiger partial charge in [-0.05, 0) is 38.3 Å². The summed E-state index contributed by atoms with van der Waals surface area (Å²) in [5.41, 5.74) is 7.81. The third-order valence-corrected chi connectivity index (χ3v) is 3.88. The van der Waals surface area contributed by atoms with Crippen LogP contribution in [0.1, 0.15) is 31.7 Å². The average Bonchev–Trinajstić information content (AvgIpc) is 2.41. The zero-order valence-electron chi connectivity index (χ0n) is 13.1. The number of hydrogen-bond acceptors (Lipinski definition) is 4. The number of nitrogens with zero attached hydrogens (tertiary/aromatic N) is 1. The molecule has 0 spiro atoms. The molecule has 1 aromatic carbocycles. The Kier molecular flexibility index (Phi) is 4.75. The van der Waals surface area contributed by atoms with Crippen LogP contribution in [0.3, 0.4) is 0 Å². The van der Waals surface area contributed by atoms with Crippen LogP contribution in [-0.4, -0.2) is 29.0 Å². The lowest BCUT2D eigenvalue weighted by atomic mass is 9.93. The van der Waals surface area contributed by atoms with E-state index in [1.807, 2.05) is 0 Å². The minimum atomic E-state index is -0.266. The Bertz CT molecular complexity index is 614. The molecule has 0 radical (unpaired) electrons. The number of allylic oxidation sites excluding steroid dienone is 1. The number of aliphatic hydroxyl groups excluding tert-OH is 1. The monoisotopic (exact) mass is 301 g/mol. The molecule has 1 saturated carbocycles. The summed E-state index contributed by atoms with van der Waals surface area (Å²) in [6.45, 7) is 5.37. The van der Waals surface area contributed by atoms with Crippen molar-refractivity contribution in [3.8, 4) is 0 Å². The third-order valence-electron chi connectivity index (χ3n) is 3.88. The maximum atomic E-state index is 12.5. The molecule has 0 unspecified atom stereocenters. The number of amides is 1. The number of rotatable bonds is 5. The second-order valence-corrected chi connectivity index (χ2v) is 5.67. The fourth-order valence-corrected chi connectivity index (χ4v) is 2.50. The largest absolute Gasteiger partial charge is 0.510 e. The van der Waals surface area contributed by atoms with E-state index in [1.165, 1.54) is 11.3 Å². The summed E-state index contributed by atoms with van der Waals surface area (Å²) < 4.78 is 0. The SMILES string of the molecule is C=C(NC1CCC1)C(=O)N(C)/C(=C(\C)O)c1cccc(N)c1. The van der Waals surface area contributed by atoms with Gasteiger partial charge in [-0.25, -0.2) is 0 Å². The van der Waals surface area contributed by atoms with E-state index in [0.717, 1.165) is 12.8 Å². The summed E-state index contributed by atoms with van der Waals surface area (Å²) in [6.07, 6.45) is 3.30. The number of hydrogen-bond donors (Lipinski definition) is 3. The second-order valence-electron chi connectivity index (χ2n) is 5.67. The number of aliphatic hydroxyl groups is 1. The molecule has 0 aromatic heterocycles. The Balaban J connectivity index is 2.19. The van der Waals surface area contributed by atoms with Gasteiger partial charge in [-0.2, -0.15) is 0 Å². The van der Waals surface area contributed by atoms with Crippen molar-refractivity contribution < 1.29 is 9.90 Å². The Morgan fingerprint density at radius 2 is 2.14 bits per heavy atom. The van der Waals surface area contributed by atoms with E-state index in [9.17, 15) is 9.90 Å². The highest BCUT2D eigenvalue weighted by molar-refractivity contribution is 5.98. The molecule has 0 bridgehead atoms. The van der Waals surface area contributed by atoms with Crippen molar-refractivity contribution in [1.82, 2.24) is 10.2 Å². The van der Waals surface area contributed by atoms with Crippen molar-refractivity contribution in [3.63, 3.8) is 0 Å². The first-order valence-corrected chi connectivity index (χ1v) is 7.39. The van der Waals surface area contributed by atoms with Crippen LogP contribution >= 0.6 is 0 Å². The van der Waals surface area contributed by atoms with Gasteiger partial charge in [0.15, 0.2) is 0 Å². The van der Waals surface area contributed by atoms with Gasteiger partial charge < -0.3 is 21.1 Å². The molecule has 118 valence electrons. The second kappa shape index (κ2) is 6.56. The quantitative estimate of drug-likeness (QED) is 0.444. The van der Waals surface area contributed by atoms with E-state index in [-0.39, 0.29) is 11.7 Å². The van der Waals surface area contributed by atoms with Gasteiger partial charge in [-0.1, -0.05) is 18.7 Å². The van der Waals surface area contributed by atoms with E-state index in [4.69, 9.17) is 5.73 Å². The van der Waals surface area contributed by atoms with Crippen molar-refractivity contribution in [2.75, 3.05) is 12.8 Å². The Morgan fingerprint density at radius 3 is 2.64 bits per heavy atom. The van der Waals surface area contributed by atoms with E-state index in [0.29, 0.717) is 28.7 Å². The normalized spacial score (nSPS) is 15.5. The number of carbonyl (C=O) groups is 1. The summed E-state index contributed by atoms with van der Waals surface area (Å²) in [5, 5.41) is 13.1. The van der Waals surface area contributed by atoms with Gasteiger partial charge in [-0.15, -0.1) is 0 Å². The summed E-state index contributed by atoms with van der Waals surface area (Å²) >= 11 is 0. The molecule has 0 aliphatic heterocycles. The highest BCUT2D eigenvalue weighted by Crippen LogP contribution is 2.25. The van der Waals surface area contributed by atoms with Crippen molar-refractivity contribution in [2.45, 2.75) is 32.2 Å². The van der Waals surface area contributed by atoms with E-state index in [2.05, 4.69) is 11.9 Å². The van der Waals surface area contributed by atoms with Gasteiger partial charge in [0.1, 0.15) is 5.76 Å². The number of benzene rings is 1. The summed E-state index contributed by atoms with van der Waals surface area (Å²) in [5.74, 6) is -0.212. The molecule has 0 saturated heterocycles. The first kappa shape index (κ1) is 15.9. The van der Waals surface area contributed by atoms with Gasteiger partial charge in [0.25, 0.3) is 5.91 Å². The van der Waals surface area contributed by atoms with Crippen molar-refractivity contribution in [3.05, 3.63) is 47.9 Å². The van der Waals surface area contributed by atoms with Gasteiger partial charge >= 0.3 is 0 Å². The van der Waals surface area contributed by atoms with Crippen LogP contribution in [0.5, 0.6) is 0 Å². The molecule has 1 aliphatic rings. The maximum Gasteiger partial charge on any atom is 0.273 e. The van der Waals surface area contributed by atoms with Gasteiger partial charge in [0.05, 0.1) is 11.4 Å². The van der Waals surface area contributed by atoms with Gasteiger partial charge in [0.2, 0.25) is 0 Å². The Labute approximate surface area is 131 Å². The summed E-state index contributed by atoms with van der Waals surface area (Å²) in [6, 6.07) is 7.40. The van der Waals surface area contributed by atoms with E-state index >= 15 is 0 Å². The number of nitrogens with two attached hydrogens (primary N) is 1.